The third-order valence-corrected chi connectivity index (χ3v) is 4.23. The SMILES string of the molecule is O=C(CCC(=O)N1CCCCCC1)c1cccs1. The van der Waals surface area contributed by atoms with Crippen molar-refractivity contribution in [3.05, 3.63) is 22.4 Å². The van der Waals surface area contributed by atoms with E-state index in [9.17, 15) is 9.59 Å². The molecule has 1 aliphatic heterocycles. The molecule has 0 unspecified atom stereocenters. The van der Waals surface area contributed by atoms with E-state index in [1.807, 2.05) is 22.4 Å². The Morgan fingerprint density at radius 3 is 2.44 bits per heavy atom. The van der Waals surface area contributed by atoms with Gasteiger partial charge in [0.15, 0.2) is 5.78 Å². The minimum atomic E-state index is 0.0909. The second kappa shape index (κ2) is 6.69. The van der Waals surface area contributed by atoms with E-state index in [4.69, 9.17) is 0 Å². The van der Waals surface area contributed by atoms with Crippen molar-refractivity contribution in [2.75, 3.05) is 13.1 Å². The van der Waals surface area contributed by atoms with Crippen LogP contribution in [-0.2, 0) is 4.79 Å². The van der Waals surface area contributed by atoms with E-state index in [-0.39, 0.29) is 11.7 Å². The predicted molar refractivity (Wildman–Crippen MR) is 72.9 cm³/mol. The molecule has 2 heterocycles. The van der Waals surface area contributed by atoms with Gasteiger partial charge in [0.25, 0.3) is 0 Å². The standard InChI is InChI=1S/C14H19NO2S/c16-12(13-6-5-11-18-13)7-8-14(17)15-9-3-1-2-4-10-15/h5-6,11H,1-4,7-10H2. The highest BCUT2D eigenvalue weighted by Gasteiger charge is 2.17. The Morgan fingerprint density at radius 1 is 1.11 bits per heavy atom. The molecule has 0 bridgehead atoms. The molecular weight excluding hydrogens is 246 g/mol. The van der Waals surface area contributed by atoms with Crippen molar-refractivity contribution >= 4 is 23.0 Å². The average molecular weight is 265 g/mol. The van der Waals surface area contributed by atoms with Gasteiger partial charge in [-0.25, -0.2) is 0 Å². The largest absolute Gasteiger partial charge is 0.343 e. The van der Waals surface area contributed by atoms with Gasteiger partial charge in [0.1, 0.15) is 0 Å². The summed E-state index contributed by atoms with van der Waals surface area (Å²) in [4.78, 5) is 26.5. The molecular formula is C14H19NO2S. The zero-order chi connectivity index (χ0) is 12.8. The zero-order valence-electron chi connectivity index (χ0n) is 10.6. The number of nitrogens with zero attached hydrogens (tertiary/aromatic N) is 1. The fourth-order valence-corrected chi connectivity index (χ4v) is 2.95. The number of carbonyl (C=O) groups is 2. The number of carbonyl (C=O) groups excluding carboxylic acids is 2. The van der Waals surface area contributed by atoms with E-state index in [1.54, 1.807) is 0 Å². The number of hydrogen-bond donors (Lipinski definition) is 0. The molecule has 4 heteroatoms. The molecule has 1 aliphatic rings. The van der Waals surface area contributed by atoms with Gasteiger partial charge in [0.05, 0.1) is 4.88 Å². The molecule has 0 atom stereocenters. The normalized spacial score (nSPS) is 16.3. The molecule has 1 saturated heterocycles. The lowest BCUT2D eigenvalue weighted by Crippen LogP contribution is -2.31. The summed E-state index contributed by atoms with van der Waals surface area (Å²) in [5, 5.41) is 1.89. The molecule has 0 N–H and O–H groups in total. The van der Waals surface area contributed by atoms with Crippen LogP contribution in [0.15, 0.2) is 17.5 Å². The Bertz CT molecular complexity index is 392. The van der Waals surface area contributed by atoms with Gasteiger partial charge in [-0.15, -0.1) is 11.3 Å². The third-order valence-electron chi connectivity index (χ3n) is 3.32. The number of likely N-dealkylation sites (tertiary alicyclic amines) is 1. The first-order valence-corrected chi connectivity index (χ1v) is 7.50. The van der Waals surface area contributed by atoms with Crippen LogP contribution in [0.3, 0.4) is 0 Å². The van der Waals surface area contributed by atoms with Crippen LogP contribution in [0, 0.1) is 0 Å². The topological polar surface area (TPSA) is 37.4 Å². The van der Waals surface area contributed by atoms with Gasteiger partial charge in [-0.3, -0.25) is 9.59 Å². The first-order chi connectivity index (χ1) is 8.77. The summed E-state index contributed by atoms with van der Waals surface area (Å²) in [6.07, 6.45) is 5.34. The van der Waals surface area contributed by atoms with Crippen LogP contribution in [0.1, 0.15) is 48.2 Å². The van der Waals surface area contributed by atoms with E-state index >= 15 is 0 Å². The lowest BCUT2D eigenvalue weighted by atomic mass is 10.2. The minimum Gasteiger partial charge on any atom is -0.343 e. The number of amides is 1. The summed E-state index contributed by atoms with van der Waals surface area (Å²) in [5.74, 6) is 0.231. The molecule has 98 valence electrons. The number of ketones is 1. The fourth-order valence-electron chi connectivity index (χ4n) is 2.26. The van der Waals surface area contributed by atoms with Crippen molar-refractivity contribution in [2.45, 2.75) is 38.5 Å². The van der Waals surface area contributed by atoms with Crippen LogP contribution in [0.5, 0.6) is 0 Å². The Morgan fingerprint density at radius 2 is 1.83 bits per heavy atom. The highest BCUT2D eigenvalue weighted by atomic mass is 32.1. The molecule has 1 fully saturated rings. The highest BCUT2D eigenvalue weighted by molar-refractivity contribution is 7.12. The molecule has 0 spiro atoms. The molecule has 0 aromatic carbocycles. The second-order valence-corrected chi connectivity index (χ2v) is 5.64. The smallest absolute Gasteiger partial charge is 0.223 e. The van der Waals surface area contributed by atoms with Crippen molar-refractivity contribution in [1.29, 1.82) is 0 Å². The summed E-state index contributed by atoms with van der Waals surface area (Å²) in [7, 11) is 0. The maximum absolute atomic E-state index is 12.0. The molecule has 0 saturated carbocycles. The molecule has 0 radical (unpaired) electrons. The van der Waals surface area contributed by atoms with Crippen molar-refractivity contribution in [3.8, 4) is 0 Å². The van der Waals surface area contributed by atoms with Crippen molar-refractivity contribution in [3.63, 3.8) is 0 Å². The van der Waals surface area contributed by atoms with Gasteiger partial charge in [-0.2, -0.15) is 0 Å². The van der Waals surface area contributed by atoms with Crippen LogP contribution in [0.25, 0.3) is 0 Å². The van der Waals surface area contributed by atoms with Crippen LogP contribution < -0.4 is 0 Å². The number of thiophene rings is 1. The Hall–Kier alpha value is -1.16. The van der Waals surface area contributed by atoms with E-state index < -0.39 is 0 Å². The molecule has 1 aromatic heterocycles. The second-order valence-electron chi connectivity index (χ2n) is 4.70. The molecule has 1 aromatic rings. The summed E-state index contributed by atoms with van der Waals surface area (Å²) in [6, 6.07) is 3.69. The molecule has 0 aliphatic carbocycles. The van der Waals surface area contributed by atoms with Gasteiger partial charge in [0.2, 0.25) is 5.91 Å². The Balaban J connectivity index is 1.78. The van der Waals surface area contributed by atoms with E-state index in [2.05, 4.69) is 0 Å². The average Bonchev–Trinajstić information content (AvgIpc) is 2.78. The minimum absolute atomic E-state index is 0.0909. The van der Waals surface area contributed by atoms with Crippen LogP contribution in [0.2, 0.25) is 0 Å². The Kier molecular flexibility index (Phi) is 4.93. The third kappa shape index (κ3) is 3.67. The maximum atomic E-state index is 12.0. The zero-order valence-corrected chi connectivity index (χ0v) is 11.4. The molecule has 2 rings (SSSR count). The first kappa shape index (κ1) is 13.3. The molecule has 3 nitrogen and oxygen atoms in total. The van der Waals surface area contributed by atoms with E-state index in [0.717, 1.165) is 30.8 Å². The van der Waals surface area contributed by atoms with Crippen molar-refractivity contribution in [2.24, 2.45) is 0 Å². The number of hydrogen-bond acceptors (Lipinski definition) is 3. The first-order valence-electron chi connectivity index (χ1n) is 6.62. The highest BCUT2D eigenvalue weighted by Crippen LogP contribution is 2.15. The number of rotatable bonds is 4. The van der Waals surface area contributed by atoms with E-state index in [0.29, 0.717) is 12.8 Å². The number of Topliss-reactive ketones (excluding diaryl/α,β-unsaturated/α-hetero) is 1. The lowest BCUT2D eigenvalue weighted by molar-refractivity contribution is -0.131. The summed E-state index contributed by atoms with van der Waals surface area (Å²) in [5.41, 5.74) is 0. The van der Waals surface area contributed by atoms with Gasteiger partial charge < -0.3 is 4.90 Å². The predicted octanol–water partition coefficient (Wildman–Crippen LogP) is 3.11. The van der Waals surface area contributed by atoms with Crippen LogP contribution in [-0.4, -0.2) is 29.7 Å². The van der Waals surface area contributed by atoms with Crippen molar-refractivity contribution in [1.82, 2.24) is 4.90 Å². The monoisotopic (exact) mass is 265 g/mol. The molecule has 1 amide bonds. The van der Waals surface area contributed by atoms with Gasteiger partial charge >= 0.3 is 0 Å². The fraction of sp³-hybridized carbons (Fsp3) is 0.571. The Labute approximate surface area is 112 Å². The van der Waals surface area contributed by atoms with Gasteiger partial charge in [0, 0.05) is 25.9 Å². The van der Waals surface area contributed by atoms with E-state index in [1.165, 1.54) is 24.2 Å². The van der Waals surface area contributed by atoms with Crippen molar-refractivity contribution < 1.29 is 9.59 Å². The summed E-state index contributed by atoms with van der Waals surface area (Å²) in [6.45, 7) is 1.73. The maximum Gasteiger partial charge on any atom is 0.223 e. The summed E-state index contributed by atoms with van der Waals surface area (Å²) >= 11 is 1.45. The summed E-state index contributed by atoms with van der Waals surface area (Å²) < 4.78 is 0. The van der Waals surface area contributed by atoms with Gasteiger partial charge in [-0.05, 0) is 24.3 Å². The lowest BCUT2D eigenvalue weighted by Gasteiger charge is -2.19. The van der Waals surface area contributed by atoms with Gasteiger partial charge in [-0.1, -0.05) is 18.9 Å². The van der Waals surface area contributed by atoms with Crippen LogP contribution >= 0.6 is 11.3 Å². The van der Waals surface area contributed by atoms with Crippen LogP contribution in [0.4, 0.5) is 0 Å². The molecule has 18 heavy (non-hydrogen) atoms. The quantitative estimate of drug-likeness (QED) is 0.784.